The first kappa shape index (κ1) is 19.9. The van der Waals surface area contributed by atoms with Crippen LogP contribution in [-0.2, 0) is 19.2 Å². The van der Waals surface area contributed by atoms with Crippen molar-refractivity contribution < 1.29 is 19.5 Å². The van der Waals surface area contributed by atoms with Gasteiger partial charge in [-0.1, -0.05) is 41.5 Å². The van der Waals surface area contributed by atoms with Crippen LogP contribution in [0.3, 0.4) is 0 Å². The first-order valence-corrected chi connectivity index (χ1v) is 9.39. The third-order valence-electron chi connectivity index (χ3n) is 3.52. The second-order valence-electron chi connectivity index (χ2n) is 7.59. The molecule has 0 aliphatic heterocycles. The van der Waals surface area contributed by atoms with Crippen molar-refractivity contribution in [2.45, 2.75) is 56.2 Å². The lowest BCUT2D eigenvalue weighted by Gasteiger charge is -2.34. The lowest BCUT2D eigenvalue weighted by atomic mass is 9.79. The summed E-state index contributed by atoms with van der Waals surface area (Å²) in [6, 6.07) is 3.17. The summed E-state index contributed by atoms with van der Waals surface area (Å²) in [6.07, 6.45) is 0. The first-order valence-electron chi connectivity index (χ1n) is 6.88. The van der Waals surface area contributed by atoms with Crippen LogP contribution >= 0.6 is 32.9 Å². The molecule has 0 spiro atoms. The fourth-order valence-corrected chi connectivity index (χ4v) is 3.11. The van der Waals surface area contributed by atoms with E-state index in [0.29, 0.717) is 16.7 Å². The van der Waals surface area contributed by atoms with Gasteiger partial charge in [0.2, 0.25) is 0 Å². The predicted octanol–water partition coefficient (Wildman–Crippen LogP) is 4.13. The zero-order valence-electron chi connectivity index (χ0n) is 13.7. The van der Waals surface area contributed by atoms with E-state index in [-0.39, 0.29) is 11.2 Å². The number of thiol groups is 2. The number of phenols is 1. The molecule has 0 unspecified atom stereocenters. The van der Waals surface area contributed by atoms with Gasteiger partial charge < -0.3 is 14.9 Å². The summed E-state index contributed by atoms with van der Waals surface area (Å²) in [6.45, 7) is 11.5. The SMILES string of the molecule is CC(C)(C)c1cc(C(S)(S)P(=O)(O)O)c(C(C)(C)C)cc1O. The van der Waals surface area contributed by atoms with Crippen molar-refractivity contribution in [2.75, 3.05) is 0 Å². The van der Waals surface area contributed by atoms with E-state index in [1.54, 1.807) is 12.1 Å². The minimum absolute atomic E-state index is 0.101. The molecular weight excluding hydrogens is 339 g/mol. The smallest absolute Gasteiger partial charge is 0.355 e. The Morgan fingerprint density at radius 2 is 1.27 bits per heavy atom. The van der Waals surface area contributed by atoms with Gasteiger partial charge in [-0.15, -0.1) is 25.3 Å². The summed E-state index contributed by atoms with van der Waals surface area (Å²) < 4.78 is 9.93. The number of benzene rings is 1. The quantitative estimate of drug-likeness (QED) is 0.311. The second-order valence-corrected chi connectivity index (χ2v) is 11.8. The van der Waals surface area contributed by atoms with Crippen LogP contribution in [0, 0.1) is 0 Å². The molecule has 0 atom stereocenters. The highest BCUT2D eigenvalue weighted by Crippen LogP contribution is 2.64. The molecule has 0 saturated carbocycles. The van der Waals surface area contributed by atoms with Crippen molar-refractivity contribution in [3.05, 3.63) is 28.8 Å². The molecule has 0 radical (unpaired) electrons. The van der Waals surface area contributed by atoms with Crippen molar-refractivity contribution in [2.24, 2.45) is 0 Å². The number of hydrogen-bond acceptors (Lipinski definition) is 4. The monoisotopic (exact) mass is 364 g/mol. The molecule has 0 saturated heterocycles. The minimum atomic E-state index is -4.63. The molecule has 4 nitrogen and oxygen atoms in total. The molecule has 126 valence electrons. The fraction of sp³-hybridized carbons (Fsp3) is 0.600. The molecule has 0 fully saturated rings. The molecule has 0 aliphatic rings. The summed E-state index contributed by atoms with van der Waals surface area (Å²) in [5.41, 5.74) is 0.696. The van der Waals surface area contributed by atoms with Gasteiger partial charge in [-0.25, -0.2) is 0 Å². The average molecular weight is 364 g/mol. The predicted molar refractivity (Wildman–Crippen MR) is 97.2 cm³/mol. The Bertz CT molecular complexity index is 622. The van der Waals surface area contributed by atoms with Crippen LogP contribution in [0.25, 0.3) is 0 Å². The zero-order valence-corrected chi connectivity index (χ0v) is 16.4. The molecule has 0 aliphatic carbocycles. The van der Waals surface area contributed by atoms with E-state index in [0.717, 1.165) is 0 Å². The second kappa shape index (κ2) is 5.75. The highest BCUT2D eigenvalue weighted by Gasteiger charge is 2.45. The molecule has 3 N–H and O–H groups in total. The first-order chi connectivity index (χ1) is 9.49. The Morgan fingerprint density at radius 1 is 0.864 bits per heavy atom. The van der Waals surface area contributed by atoms with E-state index >= 15 is 0 Å². The van der Waals surface area contributed by atoms with Gasteiger partial charge in [0.15, 0.2) is 3.82 Å². The molecule has 0 aromatic heterocycles. The Labute approximate surface area is 143 Å². The summed E-state index contributed by atoms with van der Waals surface area (Å²) in [4.78, 5) is 19.3. The van der Waals surface area contributed by atoms with Crippen LogP contribution in [0.4, 0.5) is 0 Å². The van der Waals surface area contributed by atoms with Crippen LogP contribution in [0.5, 0.6) is 5.75 Å². The van der Waals surface area contributed by atoms with Crippen LogP contribution < -0.4 is 0 Å². The summed E-state index contributed by atoms with van der Waals surface area (Å²) >= 11 is 8.31. The van der Waals surface area contributed by atoms with Crippen molar-refractivity contribution in [1.82, 2.24) is 0 Å². The molecule has 1 aromatic rings. The minimum Gasteiger partial charge on any atom is -0.508 e. The lowest BCUT2D eigenvalue weighted by Crippen LogP contribution is -2.23. The van der Waals surface area contributed by atoms with E-state index in [4.69, 9.17) is 0 Å². The Balaban J connectivity index is 3.85. The van der Waals surface area contributed by atoms with E-state index in [2.05, 4.69) is 25.3 Å². The summed E-state index contributed by atoms with van der Waals surface area (Å²) in [5, 5.41) is 10.3. The number of phenolic OH excluding ortho intramolecular Hbond substituents is 1. The topological polar surface area (TPSA) is 77.8 Å². The van der Waals surface area contributed by atoms with Crippen molar-refractivity contribution >= 4 is 32.9 Å². The lowest BCUT2D eigenvalue weighted by molar-refractivity contribution is 0.366. The van der Waals surface area contributed by atoms with Crippen LogP contribution in [-0.4, -0.2) is 14.9 Å². The molecule has 0 bridgehead atoms. The van der Waals surface area contributed by atoms with Gasteiger partial charge in [0.1, 0.15) is 5.75 Å². The Kier molecular flexibility index (Phi) is 5.20. The van der Waals surface area contributed by atoms with Gasteiger partial charge in [0.05, 0.1) is 0 Å². The molecule has 0 heterocycles. The molecule has 7 heteroatoms. The van der Waals surface area contributed by atoms with Gasteiger partial charge in [-0.3, -0.25) is 4.57 Å². The maximum atomic E-state index is 11.9. The Morgan fingerprint density at radius 3 is 1.59 bits per heavy atom. The van der Waals surface area contributed by atoms with Gasteiger partial charge >= 0.3 is 7.60 Å². The van der Waals surface area contributed by atoms with Crippen LogP contribution in [0.15, 0.2) is 12.1 Å². The van der Waals surface area contributed by atoms with Crippen LogP contribution in [0.1, 0.15) is 58.2 Å². The maximum absolute atomic E-state index is 11.9. The largest absolute Gasteiger partial charge is 0.508 e. The number of rotatable bonds is 2. The van der Waals surface area contributed by atoms with E-state index < -0.39 is 16.8 Å². The van der Waals surface area contributed by atoms with Gasteiger partial charge in [0.25, 0.3) is 0 Å². The molecule has 1 rings (SSSR count). The number of hydrogen-bond donors (Lipinski definition) is 5. The van der Waals surface area contributed by atoms with E-state index in [9.17, 15) is 19.5 Å². The van der Waals surface area contributed by atoms with Crippen molar-refractivity contribution in [3.63, 3.8) is 0 Å². The molecule has 22 heavy (non-hydrogen) atoms. The third-order valence-corrected chi connectivity index (χ3v) is 6.62. The van der Waals surface area contributed by atoms with E-state index in [1.807, 2.05) is 41.5 Å². The summed E-state index contributed by atoms with van der Waals surface area (Å²) in [7, 11) is -4.63. The molecular formula is C15H25O4PS2. The Hall–Kier alpha value is -0.130. The third kappa shape index (κ3) is 3.85. The van der Waals surface area contributed by atoms with Crippen molar-refractivity contribution in [3.8, 4) is 5.75 Å². The zero-order chi connectivity index (χ0) is 17.7. The van der Waals surface area contributed by atoms with Gasteiger partial charge in [0, 0.05) is 0 Å². The average Bonchev–Trinajstić information content (AvgIpc) is 2.23. The standard InChI is InChI=1S/C15H25O4PS2/c1-13(2,3)9-8-12(16)11(14(4,5)6)7-10(9)15(21,22)20(17,18)19/h7-8,16,21-22H,1-6H3,(H2,17,18,19). The maximum Gasteiger partial charge on any atom is 0.355 e. The number of aromatic hydroxyl groups is 1. The fourth-order valence-electron chi connectivity index (χ4n) is 2.24. The van der Waals surface area contributed by atoms with E-state index in [1.165, 1.54) is 0 Å². The van der Waals surface area contributed by atoms with Gasteiger partial charge in [-0.05, 0) is 39.7 Å². The van der Waals surface area contributed by atoms with Crippen molar-refractivity contribution in [1.29, 1.82) is 0 Å². The highest BCUT2D eigenvalue weighted by atomic mass is 32.2. The highest BCUT2D eigenvalue weighted by molar-refractivity contribution is 8.09. The normalized spacial score (nSPS) is 14.3. The van der Waals surface area contributed by atoms with Crippen LogP contribution in [0.2, 0.25) is 0 Å². The molecule has 0 amide bonds. The van der Waals surface area contributed by atoms with Gasteiger partial charge in [-0.2, -0.15) is 0 Å². The molecule has 1 aromatic carbocycles. The summed E-state index contributed by atoms with van der Waals surface area (Å²) in [5.74, 6) is 0.101.